The van der Waals surface area contributed by atoms with Gasteiger partial charge in [0.2, 0.25) is 5.75 Å². The molecule has 0 saturated heterocycles. The summed E-state index contributed by atoms with van der Waals surface area (Å²) in [7, 11) is 4.44. The number of nitrogen functional groups attached to an aromatic ring is 1. The van der Waals surface area contributed by atoms with Crippen LogP contribution in [0.5, 0.6) is 17.2 Å². The molecule has 9 nitrogen and oxygen atoms in total. The van der Waals surface area contributed by atoms with Crippen LogP contribution in [0.3, 0.4) is 0 Å². The predicted molar refractivity (Wildman–Crippen MR) is 119 cm³/mol. The van der Waals surface area contributed by atoms with Gasteiger partial charge < -0.3 is 25.3 Å². The average Bonchev–Trinajstić information content (AvgIpc) is 3.15. The Labute approximate surface area is 190 Å². The molecule has 0 fully saturated rings. The SMILES string of the molecule is COc1cc(C(=O)NCCCc2nn(-c3ccc(F)cc3)c(N)c2C#N)cc(OC)c1OC. The fourth-order valence-corrected chi connectivity index (χ4v) is 3.33. The van der Waals surface area contributed by atoms with Gasteiger partial charge in [0.15, 0.2) is 11.5 Å². The molecular weight excluding hydrogens is 429 g/mol. The van der Waals surface area contributed by atoms with Crippen LogP contribution in [0.1, 0.15) is 28.0 Å². The minimum atomic E-state index is -0.381. The van der Waals surface area contributed by atoms with Gasteiger partial charge in [-0.25, -0.2) is 9.07 Å². The highest BCUT2D eigenvalue weighted by atomic mass is 19.1. The number of nitriles is 1. The Hall–Kier alpha value is -4.26. The van der Waals surface area contributed by atoms with E-state index in [0.717, 1.165) is 0 Å². The lowest BCUT2D eigenvalue weighted by Crippen LogP contribution is -2.25. The number of amides is 1. The smallest absolute Gasteiger partial charge is 0.251 e. The predicted octanol–water partition coefficient (Wildman–Crippen LogP) is 2.85. The van der Waals surface area contributed by atoms with Crippen LogP contribution in [0.25, 0.3) is 5.69 Å². The first-order chi connectivity index (χ1) is 15.9. The Kier molecular flexibility index (Phi) is 7.35. The molecule has 3 N–H and O–H groups in total. The second kappa shape index (κ2) is 10.4. The molecule has 0 aliphatic carbocycles. The summed E-state index contributed by atoms with van der Waals surface area (Å²) in [6.07, 6.45) is 0.932. The Morgan fingerprint density at radius 1 is 1.15 bits per heavy atom. The van der Waals surface area contributed by atoms with Crippen LogP contribution in [0.4, 0.5) is 10.2 Å². The third-order valence-electron chi connectivity index (χ3n) is 4.98. The second-order valence-electron chi connectivity index (χ2n) is 6.98. The number of rotatable bonds is 9. The lowest BCUT2D eigenvalue weighted by atomic mass is 10.1. The standard InChI is InChI=1S/C23H24FN5O4/c1-31-19-11-14(12-20(32-2)21(19)33-3)23(30)27-10-4-5-18-17(13-25)22(26)29(28-18)16-8-6-15(24)7-9-16/h6-9,11-12H,4-5,10,26H2,1-3H3,(H,27,30). The van der Waals surface area contributed by atoms with Crippen molar-refractivity contribution >= 4 is 11.7 Å². The minimum Gasteiger partial charge on any atom is -0.493 e. The number of hydrogen-bond donors (Lipinski definition) is 2. The molecule has 0 aliphatic heterocycles. The molecule has 0 bridgehead atoms. The fraction of sp³-hybridized carbons (Fsp3) is 0.261. The number of methoxy groups -OCH3 is 3. The maximum atomic E-state index is 13.2. The van der Waals surface area contributed by atoms with Crippen LogP contribution < -0.4 is 25.3 Å². The summed E-state index contributed by atoms with van der Waals surface area (Å²) in [5.74, 6) is 0.639. The number of carbonyl (C=O) groups excluding carboxylic acids is 1. The van der Waals surface area contributed by atoms with Gasteiger partial charge in [0.25, 0.3) is 5.91 Å². The second-order valence-corrected chi connectivity index (χ2v) is 6.98. The van der Waals surface area contributed by atoms with Gasteiger partial charge in [-0.05, 0) is 49.2 Å². The highest BCUT2D eigenvalue weighted by Crippen LogP contribution is 2.38. The molecule has 0 unspecified atom stereocenters. The van der Waals surface area contributed by atoms with E-state index in [1.54, 1.807) is 12.1 Å². The summed E-state index contributed by atoms with van der Waals surface area (Å²) in [5.41, 5.74) is 7.74. The first-order valence-electron chi connectivity index (χ1n) is 10.0. The minimum absolute atomic E-state index is 0.181. The van der Waals surface area contributed by atoms with E-state index < -0.39 is 0 Å². The number of aryl methyl sites for hydroxylation is 1. The number of hydrogen-bond acceptors (Lipinski definition) is 7. The van der Waals surface area contributed by atoms with Crippen LogP contribution in [0.2, 0.25) is 0 Å². The van der Waals surface area contributed by atoms with Crippen LogP contribution in [-0.4, -0.2) is 43.6 Å². The van der Waals surface area contributed by atoms with Crippen LogP contribution in [-0.2, 0) is 6.42 Å². The molecule has 10 heteroatoms. The van der Waals surface area contributed by atoms with Gasteiger partial charge in [0.1, 0.15) is 23.3 Å². The number of nitrogens with zero attached hydrogens (tertiary/aromatic N) is 3. The summed E-state index contributed by atoms with van der Waals surface area (Å²) < 4.78 is 30.4. The maximum Gasteiger partial charge on any atom is 0.251 e. The van der Waals surface area contributed by atoms with Gasteiger partial charge >= 0.3 is 0 Å². The lowest BCUT2D eigenvalue weighted by molar-refractivity contribution is 0.0952. The highest BCUT2D eigenvalue weighted by molar-refractivity contribution is 5.95. The number of ether oxygens (including phenoxy) is 3. The zero-order chi connectivity index (χ0) is 24.0. The van der Waals surface area contributed by atoms with Crippen molar-refractivity contribution < 1.29 is 23.4 Å². The fourth-order valence-electron chi connectivity index (χ4n) is 3.33. The summed E-state index contributed by atoms with van der Waals surface area (Å²) in [6, 6.07) is 10.8. The molecule has 172 valence electrons. The topological polar surface area (TPSA) is 124 Å². The van der Waals surface area contributed by atoms with Crippen LogP contribution in [0.15, 0.2) is 36.4 Å². The van der Waals surface area contributed by atoms with E-state index >= 15 is 0 Å². The van der Waals surface area contributed by atoms with Gasteiger partial charge in [-0.1, -0.05) is 0 Å². The molecular formula is C23H24FN5O4. The first-order valence-corrected chi connectivity index (χ1v) is 10.0. The van der Waals surface area contributed by atoms with Gasteiger partial charge in [0, 0.05) is 12.1 Å². The quantitative estimate of drug-likeness (QED) is 0.477. The van der Waals surface area contributed by atoms with Crippen LogP contribution in [0, 0.1) is 17.1 Å². The largest absolute Gasteiger partial charge is 0.493 e. The van der Waals surface area contributed by atoms with Gasteiger partial charge in [-0.15, -0.1) is 0 Å². The number of carbonyl (C=O) groups is 1. The number of nitrogens with one attached hydrogen (secondary N) is 1. The number of anilines is 1. The van der Waals surface area contributed by atoms with Crippen molar-refractivity contribution in [3.8, 4) is 29.0 Å². The molecule has 0 saturated carbocycles. The van der Waals surface area contributed by atoms with Gasteiger partial charge in [-0.3, -0.25) is 4.79 Å². The van der Waals surface area contributed by atoms with Crippen molar-refractivity contribution in [3.63, 3.8) is 0 Å². The Bertz CT molecular complexity index is 1160. The van der Waals surface area contributed by atoms with Crippen molar-refractivity contribution in [2.75, 3.05) is 33.6 Å². The monoisotopic (exact) mass is 453 g/mol. The van der Waals surface area contributed by atoms with Crippen molar-refractivity contribution in [2.24, 2.45) is 0 Å². The van der Waals surface area contributed by atoms with Gasteiger partial charge in [-0.2, -0.15) is 10.4 Å². The van der Waals surface area contributed by atoms with E-state index in [-0.39, 0.29) is 23.1 Å². The molecule has 1 amide bonds. The van der Waals surface area contributed by atoms with E-state index in [9.17, 15) is 14.4 Å². The maximum absolute atomic E-state index is 13.2. The third-order valence-corrected chi connectivity index (χ3v) is 4.98. The van der Waals surface area contributed by atoms with E-state index in [1.165, 1.54) is 50.3 Å². The summed E-state index contributed by atoms with van der Waals surface area (Å²) in [4.78, 5) is 12.6. The van der Waals surface area contributed by atoms with Crippen molar-refractivity contribution in [3.05, 3.63) is 59.0 Å². The molecule has 33 heavy (non-hydrogen) atoms. The number of halogens is 1. The first kappa shape index (κ1) is 23.4. The zero-order valence-electron chi connectivity index (χ0n) is 18.5. The average molecular weight is 453 g/mol. The lowest BCUT2D eigenvalue weighted by Gasteiger charge is -2.14. The summed E-state index contributed by atoms with van der Waals surface area (Å²) in [6.45, 7) is 0.337. The third kappa shape index (κ3) is 4.98. The molecule has 2 aromatic carbocycles. The Morgan fingerprint density at radius 2 is 1.79 bits per heavy atom. The zero-order valence-corrected chi connectivity index (χ0v) is 18.5. The van der Waals surface area contributed by atoms with Crippen molar-refractivity contribution in [1.82, 2.24) is 15.1 Å². The number of aromatic nitrogens is 2. The van der Waals surface area contributed by atoms with E-state index in [0.29, 0.717) is 53.6 Å². The molecule has 0 spiro atoms. The molecule has 3 rings (SSSR count). The van der Waals surface area contributed by atoms with Crippen LogP contribution >= 0.6 is 0 Å². The van der Waals surface area contributed by atoms with E-state index in [1.807, 2.05) is 0 Å². The Morgan fingerprint density at radius 3 is 2.33 bits per heavy atom. The Balaban J connectivity index is 1.67. The number of benzene rings is 2. The normalized spacial score (nSPS) is 10.4. The number of nitrogens with two attached hydrogens (primary N) is 1. The summed E-state index contributed by atoms with van der Waals surface area (Å²) >= 11 is 0. The molecule has 0 radical (unpaired) electrons. The van der Waals surface area contributed by atoms with Gasteiger partial charge in [0.05, 0.1) is 32.7 Å². The van der Waals surface area contributed by atoms with E-state index in [4.69, 9.17) is 19.9 Å². The van der Waals surface area contributed by atoms with Crippen molar-refractivity contribution in [2.45, 2.75) is 12.8 Å². The van der Waals surface area contributed by atoms with E-state index in [2.05, 4.69) is 16.5 Å². The summed E-state index contributed by atoms with van der Waals surface area (Å²) in [5, 5.41) is 16.7. The highest BCUT2D eigenvalue weighted by Gasteiger charge is 2.18. The molecule has 3 aromatic rings. The molecule has 1 aromatic heterocycles. The molecule has 0 atom stereocenters. The van der Waals surface area contributed by atoms with Crippen molar-refractivity contribution in [1.29, 1.82) is 5.26 Å². The molecule has 1 heterocycles. The molecule has 0 aliphatic rings.